The van der Waals surface area contributed by atoms with Gasteiger partial charge in [0.05, 0.1) is 0 Å². The first-order valence-corrected chi connectivity index (χ1v) is 8.72. The summed E-state index contributed by atoms with van der Waals surface area (Å²) in [5.74, 6) is 1.31. The van der Waals surface area contributed by atoms with Crippen LogP contribution in [-0.2, 0) is 16.6 Å². The fraction of sp³-hybridized carbons (Fsp3) is 0.733. The van der Waals surface area contributed by atoms with Crippen LogP contribution in [0.25, 0.3) is 0 Å². The number of sulfonamides is 1. The number of aryl methyl sites for hydroxylation is 2. The van der Waals surface area contributed by atoms with Crippen LogP contribution in [0.3, 0.4) is 0 Å². The van der Waals surface area contributed by atoms with Crippen molar-refractivity contribution in [3.8, 4) is 0 Å². The SMILES string of the molecule is CNCc1c(C)oc(C)c1S(=O)(=O)NCC(C)C(C)(C)C. The molecule has 1 rings (SSSR count). The van der Waals surface area contributed by atoms with Gasteiger partial charge in [-0.25, -0.2) is 13.1 Å². The number of hydrogen-bond acceptors (Lipinski definition) is 4. The molecular formula is C15H28N2O3S. The Bertz CT molecular complexity index is 583. The Kier molecular flexibility index (Phi) is 5.63. The molecule has 0 amide bonds. The maximum Gasteiger partial charge on any atom is 0.244 e. The maximum atomic E-state index is 12.6. The van der Waals surface area contributed by atoms with Gasteiger partial charge >= 0.3 is 0 Å². The van der Waals surface area contributed by atoms with Crippen LogP contribution in [-0.4, -0.2) is 22.0 Å². The van der Waals surface area contributed by atoms with Gasteiger partial charge in [0.15, 0.2) is 0 Å². The van der Waals surface area contributed by atoms with Crippen molar-refractivity contribution >= 4 is 10.0 Å². The minimum absolute atomic E-state index is 0.0533. The molecular weight excluding hydrogens is 288 g/mol. The van der Waals surface area contributed by atoms with E-state index in [1.165, 1.54) is 0 Å². The average molecular weight is 316 g/mol. The standard InChI is InChI=1S/C15H28N2O3S/c1-10(15(4,5)6)8-17-21(18,19)14-12(3)20-11(2)13(14)9-16-7/h10,16-17H,8-9H2,1-7H3. The van der Waals surface area contributed by atoms with Crippen LogP contribution in [0.5, 0.6) is 0 Å². The quantitative estimate of drug-likeness (QED) is 0.846. The average Bonchev–Trinajstić information content (AvgIpc) is 2.61. The highest BCUT2D eigenvalue weighted by Crippen LogP contribution is 2.28. The second-order valence-electron chi connectivity index (χ2n) is 6.67. The third-order valence-electron chi connectivity index (χ3n) is 4.01. The Morgan fingerprint density at radius 2 is 1.76 bits per heavy atom. The van der Waals surface area contributed by atoms with E-state index < -0.39 is 10.0 Å². The topological polar surface area (TPSA) is 71.3 Å². The minimum atomic E-state index is -3.56. The van der Waals surface area contributed by atoms with Crippen LogP contribution >= 0.6 is 0 Å². The van der Waals surface area contributed by atoms with Crippen LogP contribution in [0, 0.1) is 25.2 Å². The minimum Gasteiger partial charge on any atom is -0.465 e. The molecule has 5 nitrogen and oxygen atoms in total. The monoisotopic (exact) mass is 316 g/mol. The first kappa shape index (κ1) is 18.2. The van der Waals surface area contributed by atoms with E-state index >= 15 is 0 Å². The lowest BCUT2D eigenvalue weighted by molar-refractivity contribution is 0.263. The molecule has 0 radical (unpaired) electrons. The summed E-state index contributed by atoms with van der Waals surface area (Å²) in [4.78, 5) is 0.274. The van der Waals surface area contributed by atoms with Crippen LogP contribution < -0.4 is 10.0 Å². The van der Waals surface area contributed by atoms with Crippen LogP contribution in [0.15, 0.2) is 9.31 Å². The molecule has 21 heavy (non-hydrogen) atoms. The molecule has 0 aliphatic heterocycles. The molecule has 1 unspecified atom stereocenters. The molecule has 0 saturated carbocycles. The van der Waals surface area contributed by atoms with Gasteiger partial charge < -0.3 is 9.73 Å². The van der Waals surface area contributed by atoms with Gasteiger partial charge in [0, 0.05) is 18.7 Å². The van der Waals surface area contributed by atoms with Gasteiger partial charge in [-0.3, -0.25) is 0 Å². The van der Waals surface area contributed by atoms with E-state index in [2.05, 4.69) is 30.8 Å². The fourth-order valence-corrected chi connectivity index (χ4v) is 3.63. The lowest BCUT2D eigenvalue weighted by atomic mass is 9.82. The van der Waals surface area contributed by atoms with E-state index in [1.807, 2.05) is 6.92 Å². The van der Waals surface area contributed by atoms with Crippen molar-refractivity contribution < 1.29 is 12.8 Å². The van der Waals surface area contributed by atoms with Gasteiger partial charge in [-0.1, -0.05) is 27.7 Å². The summed E-state index contributed by atoms with van der Waals surface area (Å²) in [6.45, 7) is 12.7. The molecule has 0 aliphatic carbocycles. The second-order valence-corrected chi connectivity index (χ2v) is 8.38. The largest absolute Gasteiger partial charge is 0.465 e. The predicted octanol–water partition coefficient (Wildman–Crippen LogP) is 2.58. The Morgan fingerprint density at radius 3 is 2.24 bits per heavy atom. The van der Waals surface area contributed by atoms with Crippen LogP contribution in [0.2, 0.25) is 0 Å². The molecule has 0 saturated heterocycles. The van der Waals surface area contributed by atoms with E-state index in [1.54, 1.807) is 20.9 Å². The molecule has 1 aromatic rings. The molecule has 1 atom stereocenters. The smallest absolute Gasteiger partial charge is 0.244 e. The van der Waals surface area contributed by atoms with Crippen LogP contribution in [0.1, 0.15) is 44.8 Å². The number of hydrogen-bond donors (Lipinski definition) is 2. The molecule has 0 aromatic carbocycles. The summed E-state index contributed by atoms with van der Waals surface area (Å²) in [5.41, 5.74) is 0.753. The van der Waals surface area contributed by atoms with Crippen molar-refractivity contribution in [3.05, 3.63) is 17.1 Å². The number of furan rings is 1. The molecule has 0 aliphatic rings. The summed E-state index contributed by atoms with van der Waals surface area (Å²) in [5, 5.41) is 2.99. The van der Waals surface area contributed by atoms with Gasteiger partial charge in [-0.15, -0.1) is 0 Å². The lowest BCUT2D eigenvalue weighted by Crippen LogP contribution is -2.34. The molecule has 0 fully saturated rings. The van der Waals surface area contributed by atoms with Gasteiger partial charge in [0.1, 0.15) is 16.4 Å². The Morgan fingerprint density at radius 1 is 1.19 bits per heavy atom. The summed E-state index contributed by atoms with van der Waals surface area (Å²) in [7, 11) is -1.78. The summed E-state index contributed by atoms with van der Waals surface area (Å²) >= 11 is 0. The third kappa shape index (κ3) is 4.31. The fourth-order valence-electron chi connectivity index (χ4n) is 2.06. The van der Waals surface area contributed by atoms with E-state index in [9.17, 15) is 8.42 Å². The molecule has 122 valence electrons. The molecule has 2 N–H and O–H groups in total. The second kappa shape index (κ2) is 6.50. The van der Waals surface area contributed by atoms with Crippen molar-refractivity contribution in [3.63, 3.8) is 0 Å². The summed E-state index contributed by atoms with van der Waals surface area (Å²) < 4.78 is 33.4. The van der Waals surface area contributed by atoms with Crippen molar-refractivity contribution in [2.45, 2.75) is 53.0 Å². The highest BCUT2D eigenvalue weighted by molar-refractivity contribution is 7.89. The van der Waals surface area contributed by atoms with Crippen molar-refractivity contribution in [2.75, 3.05) is 13.6 Å². The molecule has 0 bridgehead atoms. The Labute approximate surface area is 128 Å². The Balaban J connectivity index is 3.04. The third-order valence-corrected chi connectivity index (χ3v) is 5.62. The van der Waals surface area contributed by atoms with E-state index in [0.29, 0.717) is 30.2 Å². The van der Waals surface area contributed by atoms with Crippen LogP contribution in [0.4, 0.5) is 0 Å². The number of nitrogens with one attached hydrogen (secondary N) is 2. The Hall–Kier alpha value is -0.850. The van der Waals surface area contributed by atoms with Gasteiger partial charge in [0.2, 0.25) is 10.0 Å². The zero-order chi connectivity index (χ0) is 16.4. The highest BCUT2D eigenvalue weighted by atomic mass is 32.2. The predicted molar refractivity (Wildman–Crippen MR) is 84.8 cm³/mol. The lowest BCUT2D eigenvalue weighted by Gasteiger charge is -2.27. The maximum absolute atomic E-state index is 12.6. The van der Waals surface area contributed by atoms with Crippen molar-refractivity contribution in [2.24, 2.45) is 11.3 Å². The first-order chi connectivity index (χ1) is 9.50. The van der Waals surface area contributed by atoms with Gasteiger partial charge in [-0.2, -0.15) is 0 Å². The van der Waals surface area contributed by atoms with Gasteiger partial charge in [0.25, 0.3) is 0 Å². The molecule has 6 heteroatoms. The molecule has 0 spiro atoms. The molecule has 1 aromatic heterocycles. The highest BCUT2D eigenvalue weighted by Gasteiger charge is 2.28. The van der Waals surface area contributed by atoms with Crippen molar-refractivity contribution in [1.29, 1.82) is 0 Å². The normalized spacial score (nSPS) is 14.4. The van der Waals surface area contributed by atoms with Crippen molar-refractivity contribution in [1.82, 2.24) is 10.0 Å². The number of rotatable bonds is 6. The zero-order valence-corrected chi connectivity index (χ0v) is 14.9. The molecule has 1 heterocycles. The zero-order valence-electron chi connectivity index (χ0n) is 14.1. The van der Waals surface area contributed by atoms with E-state index in [0.717, 1.165) is 0 Å². The summed E-state index contributed by atoms with van der Waals surface area (Å²) in [6.07, 6.45) is 0. The first-order valence-electron chi connectivity index (χ1n) is 7.23. The summed E-state index contributed by atoms with van der Waals surface area (Å²) in [6, 6.07) is 0. The van der Waals surface area contributed by atoms with E-state index in [4.69, 9.17) is 4.42 Å². The van der Waals surface area contributed by atoms with Gasteiger partial charge in [-0.05, 0) is 32.2 Å². The van der Waals surface area contributed by atoms with E-state index in [-0.39, 0.29) is 16.2 Å².